The first-order valence-electron chi connectivity index (χ1n) is 7.31. The van der Waals surface area contributed by atoms with Crippen molar-refractivity contribution in [1.82, 2.24) is 0 Å². The van der Waals surface area contributed by atoms with Crippen LogP contribution in [0, 0.1) is 0 Å². The van der Waals surface area contributed by atoms with E-state index in [9.17, 15) is 25.2 Å². The maximum atomic E-state index is 12.6. The summed E-state index contributed by atoms with van der Waals surface area (Å²) in [5.41, 5.74) is -0.334. The van der Waals surface area contributed by atoms with Crippen LogP contribution in [-0.4, -0.2) is 39.4 Å². The van der Waals surface area contributed by atoms with E-state index in [2.05, 4.69) is 0 Å². The number of rotatable bonds is 6. The minimum atomic E-state index is -0.716. The Hall–Kier alpha value is -3.09. The monoisotopic (exact) mass is 334 g/mol. The molecule has 0 unspecified atom stereocenters. The molecule has 128 valence electrons. The molecule has 0 saturated heterocycles. The molecule has 0 saturated carbocycles. The lowest BCUT2D eigenvalue weighted by Gasteiger charge is -2.12. The van der Waals surface area contributed by atoms with Crippen molar-refractivity contribution < 1.29 is 34.7 Å². The fourth-order valence-electron chi connectivity index (χ4n) is 2.17. The lowest BCUT2D eigenvalue weighted by atomic mass is 10.0. The highest BCUT2D eigenvalue weighted by atomic mass is 16.5. The number of hydrogen-bond acceptors (Lipinski definition) is 7. The zero-order valence-corrected chi connectivity index (χ0v) is 13.2. The van der Waals surface area contributed by atoms with Crippen LogP contribution < -0.4 is 9.47 Å². The average molecular weight is 334 g/mol. The predicted molar refractivity (Wildman–Crippen MR) is 85.3 cm³/mol. The van der Waals surface area contributed by atoms with Crippen molar-refractivity contribution in [3.05, 3.63) is 35.4 Å². The first-order chi connectivity index (χ1) is 11.4. The van der Waals surface area contributed by atoms with Gasteiger partial charge in [-0.1, -0.05) is 0 Å². The number of phenolic OH excluding ortho intramolecular Hbond substituents is 4. The maximum absolute atomic E-state index is 12.6. The largest absolute Gasteiger partial charge is 0.507 e. The smallest absolute Gasteiger partial charge is 0.200 e. The quantitative estimate of drug-likeness (QED) is 0.600. The van der Waals surface area contributed by atoms with Crippen LogP contribution in [0.2, 0.25) is 0 Å². The lowest BCUT2D eigenvalue weighted by molar-refractivity contribution is 0.103. The third kappa shape index (κ3) is 3.29. The molecule has 2 aromatic rings. The number of aromatic hydroxyl groups is 4. The lowest BCUT2D eigenvalue weighted by Crippen LogP contribution is -2.04. The number of hydrogen-bond donors (Lipinski definition) is 4. The van der Waals surface area contributed by atoms with E-state index in [1.807, 2.05) is 0 Å². The van der Waals surface area contributed by atoms with Crippen LogP contribution in [-0.2, 0) is 0 Å². The Morgan fingerprint density at radius 2 is 1.12 bits per heavy atom. The van der Waals surface area contributed by atoms with Gasteiger partial charge in [0, 0.05) is 12.1 Å². The van der Waals surface area contributed by atoms with Crippen LogP contribution >= 0.6 is 0 Å². The first-order valence-corrected chi connectivity index (χ1v) is 7.31. The number of carbonyl (C=O) groups is 1. The van der Waals surface area contributed by atoms with E-state index in [0.717, 1.165) is 12.1 Å². The third-order valence-corrected chi connectivity index (χ3v) is 3.24. The number of phenols is 4. The molecular weight excluding hydrogens is 316 g/mol. The van der Waals surface area contributed by atoms with Gasteiger partial charge >= 0.3 is 0 Å². The second kappa shape index (κ2) is 6.99. The molecule has 0 amide bonds. The van der Waals surface area contributed by atoms with Crippen LogP contribution in [0.4, 0.5) is 0 Å². The summed E-state index contributed by atoms with van der Waals surface area (Å²) in [7, 11) is 0. The maximum Gasteiger partial charge on any atom is 0.200 e. The molecule has 2 rings (SSSR count). The fourth-order valence-corrected chi connectivity index (χ4v) is 2.17. The number of ether oxygens (including phenoxy) is 2. The minimum absolute atomic E-state index is 0.0296. The molecule has 0 aliphatic rings. The topological polar surface area (TPSA) is 116 Å². The Bertz CT molecular complexity index is 705. The molecule has 0 spiro atoms. The van der Waals surface area contributed by atoms with E-state index in [-0.39, 0.29) is 47.3 Å². The van der Waals surface area contributed by atoms with E-state index in [1.54, 1.807) is 13.8 Å². The summed E-state index contributed by atoms with van der Waals surface area (Å²) in [6, 6.07) is 4.34. The highest BCUT2D eigenvalue weighted by Crippen LogP contribution is 2.38. The molecule has 0 aliphatic heterocycles. The molecule has 0 aromatic heterocycles. The number of ketones is 1. The Morgan fingerprint density at radius 1 is 0.750 bits per heavy atom. The summed E-state index contributed by atoms with van der Waals surface area (Å²) in [5.74, 6) is -2.21. The average Bonchev–Trinajstić information content (AvgIpc) is 2.52. The third-order valence-electron chi connectivity index (χ3n) is 3.24. The molecule has 0 atom stereocenters. The second-order valence-electron chi connectivity index (χ2n) is 4.87. The van der Waals surface area contributed by atoms with E-state index in [4.69, 9.17) is 9.47 Å². The summed E-state index contributed by atoms with van der Waals surface area (Å²) in [6.07, 6.45) is 0. The fraction of sp³-hybridized carbons (Fsp3) is 0.235. The summed E-state index contributed by atoms with van der Waals surface area (Å²) < 4.78 is 10.4. The van der Waals surface area contributed by atoms with Gasteiger partial charge in [0.2, 0.25) is 5.78 Å². The summed E-state index contributed by atoms with van der Waals surface area (Å²) in [4.78, 5) is 12.6. The predicted octanol–water partition coefficient (Wildman–Crippen LogP) is 2.54. The van der Waals surface area contributed by atoms with Gasteiger partial charge in [-0.15, -0.1) is 0 Å². The van der Waals surface area contributed by atoms with E-state index >= 15 is 0 Å². The molecule has 0 aliphatic carbocycles. The number of benzene rings is 2. The Balaban J connectivity index is 2.52. The minimum Gasteiger partial charge on any atom is -0.507 e. The molecule has 0 heterocycles. The van der Waals surface area contributed by atoms with Gasteiger partial charge in [-0.25, -0.2) is 0 Å². The van der Waals surface area contributed by atoms with E-state index in [1.165, 1.54) is 12.1 Å². The van der Waals surface area contributed by atoms with Crippen LogP contribution in [0.1, 0.15) is 29.8 Å². The van der Waals surface area contributed by atoms with Crippen LogP contribution in [0.25, 0.3) is 0 Å². The van der Waals surface area contributed by atoms with Crippen molar-refractivity contribution in [2.24, 2.45) is 0 Å². The van der Waals surface area contributed by atoms with E-state index in [0.29, 0.717) is 0 Å². The zero-order chi connectivity index (χ0) is 17.9. The van der Waals surface area contributed by atoms with Gasteiger partial charge in [0.15, 0.2) is 23.0 Å². The first kappa shape index (κ1) is 17.3. The standard InChI is InChI=1S/C17H18O7/c1-3-23-15-5-9(11(18)7-13(15)20)17(22)10-6-16(24-4-2)14(21)8-12(10)19/h5-8,18-21H,3-4H2,1-2H3. The van der Waals surface area contributed by atoms with Crippen LogP contribution in [0.3, 0.4) is 0 Å². The molecular formula is C17H18O7. The molecule has 0 radical (unpaired) electrons. The van der Waals surface area contributed by atoms with Gasteiger partial charge in [-0.3, -0.25) is 4.79 Å². The summed E-state index contributed by atoms with van der Waals surface area (Å²) in [6.45, 7) is 3.91. The number of carbonyl (C=O) groups excluding carboxylic acids is 1. The highest BCUT2D eigenvalue weighted by molar-refractivity contribution is 6.13. The van der Waals surface area contributed by atoms with Gasteiger partial charge in [0.25, 0.3) is 0 Å². The Labute approximate surface area is 138 Å². The van der Waals surface area contributed by atoms with Crippen molar-refractivity contribution in [3.8, 4) is 34.5 Å². The molecule has 24 heavy (non-hydrogen) atoms. The van der Waals surface area contributed by atoms with Crippen molar-refractivity contribution in [3.63, 3.8) is 0 Å². The van der Waals surface area contributed by atoms with Crippen LogP contribution in [0.5, 0.6) is 34.5 Å². The van der Waals surface area contributed by atoms with Gasteiger partial charge in [0.1, 0.15) is 11.5 Å². The van der Waals surface area contributed by atoms with Gasteiger partial charge in [0.05, 0.1) is 24.3 Å². The van der Waals surface area contributed by atoms with Gasteiger partial charge in [-0.05, 0) is 26.0 Å². The molecule has 0 fully saturated rings. The molecule has 7 nitrogen and oxygen atoms in total. The van der Waals surface area contributed by atoms with Crippen molar-refractivity contribution in [2.45, 2.75) is 13.8 Å². The van der Waals surface area contributed by atoms with Crippen LogP contribution in [0.15, 0.2) is 24.3 Å². The Kier molecular flexibility index (Phi) is 5.03. The Morgan fingerprint density at radius 3 is 1.46 bits per heavy atom. The molecule has 2 aromatic carbocycles. The second-order valence-corrected chi connectivity index (χ2v) is 4.87. The zero-order valence-electron chi connectivity index (χ0n) is 13.2. The SMILES string of the molecule is CCOc1cc(C(=O)c2cc(OCC)c(O)cc2O)c(O)cc1O. The molecule has 7 heteroatoms. The molecule has 4 N–H and O–H groups in total. The van der Waals surface area contributed by atoms with Gasteiger partial charge in [-0.2, -0.15) is 0 Å². The molecule has 0 bridgehead atoms. The summed E-state index contributed by atoms with van der Waals surface area (Å²) >= 11 is 0. The summed E-state index contributed by atoms with van der Waals surface area (Å²) in [5, 5.41) is 39.3. The normalized spacial score (nSPS) is 10.4. The van der Waals surface area contributed by atoms with Crippen molar-refractivity contribution in [1.29, 1.82) is 0 Å². The highest BCUT2D eigenvalue weighted by Gasteiger charge is 2.22. The van der Waals surface area contributed by atoms with Crippen molar-refractivity contribution >= 4 is 5.78 Å². The van der Waals surface area contributed by atoms with E-state index < -0.39 is 17.3 Å². The van der Waals surface area contributed by atoms with Crippen molar-refractivity contribution in [2.75, 3.05) is 13.2 Å². The van der Waals surface area contributed by atoms with Gasteiger partial charge < -0.3 is 29.9 Å².